The standard InChI is InChI=1S/C39H45N3O9S/c1-21(2)25-20-39-17-14-28-37(3,15-8-16-38(28,4)36(46)50-30-11-5-6-18-49-30)29(39)19-24(25)31-32(39)35(45)42(34(31)44)51-52(47,48)27-10-7-9-23-22(27)12-13-26(41-40)33(23)43/h7,9-10,12-13,20-21,24,28-32H,5-6,8,11,14-19H2,1-4H3/p+1/t24-,28+,29+,30?,31?,32?,37-,38+,39-/m0/s1. The summed E-state index contributed by atoms with van der Waals surface area (Å²) < 4.78 is 45.2. The number of diazo groups is 1. The summed E-state index contributed by atoms with van der Waals surface area (Å²) in [6, 6.07) is 6.75. The van der Waals surface area contributed by atoms with Gasteiger partial charge in [-0.15, -0.1) is 9.35 Å². The van der Waals surface area contributed by atoms with Crippen molar-refractivity contribution in [3.05, 3.63) is 47.0 Å². The minimum atomic E-state index is -4.76. The highest BCUT2D eigenvalue weighted by Gasteiger charge is 2.74. The summed E-state index contributed by atoms with van der Waals surface area (Å²) in [7, 11) is -4.76. The molecule has 0 radical (unpaired) electrons. The lowest BCUT2D eigenvalue weighted by Gasteiger charge is -2.68. The van der Waals surface area contributed by atoms with Crippen LogP contribution in [-0.4, -0.2) is 49.3 Å². The third kappa shape index (κ3) is 4.86. The van der Waals surface area contributed by atoms with Crippen molar-refractivity contribution in [1.29, 1.82) is 5.39 Å². The van der Waals surface area contributed by atoms with Gasteiger partial charge >= 0.3 is 21.8 Å². The number of nitrogens with zero attached hydrogens (tertiary/aromatic N) is 3. The molecule has 2 aromatic rings. The second-order valence-electron chi connectivity index (χ2n) is 16.8. The van der Waals surface area contributed by atoms with Gasteiger partial charge in [-0.05, 0) is 93.1 Å². The summed E-state index contributed by atoms with van der Waals surface area (Å²) in [5.41, 5.74) is -0.815. The molecule has 9 rings (SSSR count). The highest BCUT2D eigenvalue weighted by atomic mass is 32.2. The Bertz CT molecular complexity index is 2070. The second kappa shape index (κ2) is 12.1. The van der Waals surface area contributed by atoms with E-state index < -0.39 is 56.6 Å². The molecule has 3 saturated carbocycles. The van der Waals surface area contributed by atoms with E-state index in [0.717, 1.165) is 31.3 Å². The zero-order valence-electron chi connectivity index (χ0n) is 30.0. The fraction of sp³-hybridized carbons (Fsp3) is 0.615. The number of hydrogen-bond donors (Lipinski definition) is 1. The SMILES string of the molecule is CC(C)C1=C[C@@]23CC[C@@H]4[C@](C)(CCC[C@@]4(C)C(=O)OC4CCCCO4)[C@H]2C[C@@H]1C1C(=O)N(OS(=O)(=O)c2cccc4c(O)c([N+]#N)ccc24)C(=O)C13. The molecular weight excluding hydrogens is 687 g/mol. The summed E-state index contributed by atoms with van der Waals surface area (Å²) in [6.07, 6.45) is 8.64. The fourth-order valence-electron chi connectivity index (χ4n) is 11.8. The summed E-state index contributed by atoms with van der Waals surface area (Å²) >= 11 is 0. The number of imide groups is 1. The molecule has 5 fully saturated rings. The maximum atomic E-state index is 14.6. The van der Waals surface area contributed by atoms with Crippen LogP contribution in [0.5, 0.6) is 5.75 Å². The van der Waals surface area contributed by atoms with E-state index in [0.29, 0.717) is 43.8 Å². The van der Waals surface area contributed by atoms with Crippen LogP contribution in [0.4, 0.5) is 5.69 Å². The summed E-state index contributed by atoms with van der Waals surface area (Å²) in [4.78, 5) is 45.7. The predicted molar refractivity (Wildman–Crippen MR) is 187 cm³/mol. The number of ether oxygens (including phenoxy) is 2. The molecule has 2 bridgehead atoms. The van der Waals surface area contributed by atoms with Gasteiger partial charge in [-0.2, -0.15) is 8.42 Å². The van der Waals surface area contributed by atoms with E-state index in [1.807, 2.05) is 6.92 Å². The molecule has 0 aromatic heterocycles. The lowest BCUT2D eigenvalue weighted by Crippen LogP contribution is -2.65. The van der Waals surface area contributed by atoms with Gasteiger partial charge in [0.2, 0.25) is 17.4 Å². The van der Waals surface area contributed by atoms with Gasteiger partial charge in [0, 0.05) is 28.7 Å². The molecule has 9 atom stereocenters. The van der Waals surface area contributed by atoms with Gasteiger partial charge in [-0.3, -0.25) is 14.4 Å². The molecule has 3 unspecified atom stereocenters. The third-order valence-electron chi connectivity index (χ3n) is 14.0. The Morgan fingerprint density at radius 3 is 2.52 bits per heavy atom. The lowest BCUT2D eigenvalue weighted by molar-refractivity contribution is -0.220. The van der Waals surface area contributed by atoms with E-state index in [2.05, 4.69) is 31.8 Å². The molecule has 12 nitrogen and oxygen atoms in total. The van der Waals surface area contributed by atoms with E-state index in [-0.39, 0.29) is 56.4 Å². The van der Waals surface area contributed by atoms with E-state index in [9.17, 15) is 33.3 Å². The Balaban J connectivity index is 1.14. The van der Waals surface area contributed by atoms with Crippen LogP contribution in [0, 0.1) is 57.1 Å². The fourth-order valence-corrected chi connectivity index (χ4v) is 12.9. The number of phenolic OH excluding ortho intramolecular Hbond substituents is 1. The first-order valence-corrected chi connectivity index (χ1v) is 20.1. The first-order chi connectivity index (χ1) is 24.7. The molecule has 7 aliphatic rings. The number of phenols is 1. The van der Waals surface area contributed by atoms with Crippen LogP contribution >= 0.6 is 0 Å². The number of hydroxylamine groups is 2. The Kier molecular flexibility index (Phi) is 8.17. The minimum absolute atomic E-state index is 0.00368. The molecule has 2 saturated heterocycles. The number of rotatable bonds is 6. The largest absolute Gasteiger partial charge is 0.501 e. The molecule has 276 valence electrons. The van der Waals surface area contributed by atoms with Gasteiger partial charge in [0.15, 0.2) is 4.98 Å². The van der Waals surface area contributed by atoms with Crippen molar-refractivity contribution in [2.75, 3.05) is 6.61 Å². The van der Waals surface area contributed by atoms with Gasteiger partial charge in [-0.25, -0.2) is 0 Å². The molecule has 1 spiro atoms. The van der Waals surface area contributed by atoms with Crippen molar-refractivity contribution in [2.24, 2.45) is 51.8 Å². The van der Waals surface area contributed by atoms with E-state index in [1.54, 1.807) is 0 Å². The van der Waals surface area contributed by atoms with Gasteiger partial charge in [0.05, 0.1) is 23.9 Å². The molecule has 13 heteroatoms. The Morgan fingerprint density at radius 2 is 1.81 bits per heavy atom. The highest BCUT2D eigenvalue weighted by Crippen LogP contribution is 2.74. The van der Waals surface area contributed by atoms with Crippen molar-refractivity contribution in [3.63, 3.8) is 0 Å². The summed E-state index contributed by atoms with van der Waals surface area (Å²) in [5.74, 6) is -3.74. The summed E-state index contributed by atoms with van der Waals surface area (Å²) in [6.45, 7) is 9.06. The van der Waals surface area contributed by atoms with Crippen molar-refractivity contribution >= 4 is 44.4 Å². The first kappa shape index (κ1) is 35.2. The quantitative estimate of drug-likeness (QED) is 0.140. The monoisotopic (exact) mass is 732 g/mol. The maximum Gasteiger partial charge on any atom is 0.426 e. The minimum Gasteiger partial charge on any atom is -0.501 e. The molecule has 2 heterocycles. The Morgan fingerprint density at radius 1 is 1.02 bits per heavy atom. The number of esters is 1. The normalized spacial score (nSPS) is 36.9. The van der Waals surface area contributed by atoms with Crippen LogP contribution in [0.2, 0.25) is 0 Å². The van der Waals surface area contributed by atoms with E-state index in [1.165, 1.54) is 30.3 Å². The van der Waals surface area contributed by atoms with Crippen molar-refractivity contribution in [3.8, 4) is 5.75 Å². The third-order valence-corrected chi connectivity index (χ3v) is 15.2. The van der Waals surface area contributed by atoms with E-state index >= 15 is 0 Å². The molecule has 2 aliphatic heterocycles. The van der Waals surface area contributed by atoms with Crippen LogP contribution < -0.4 is 0 Å². The zero-order valence-corrected chi connectivity index (χ0v) is 30.9. The van der Waals surface area contributed by atoms with Gasteiger partial charge in [0.1, 0.15) is 4.90 Å². The molecular formula is C39H46N3O9S+. The molecule has 2 amide bonds. The number of allylic oxidation sites excluding steroid dienone is 2. The average molecular weight is 733 g/mol. The summed E-state index contributed by atoms with van der Waals surface area (Å²) in [5, 5.41) is 20.5. The molecule has 52 heavy (non-hydrogen) atoms. The number of benzene rings is 2. The Labute approximate surface area is 303 Å². The zero-order chi connectivity index (χ0) is 37.0. The van der Waals surface area contributed by atoms with E-state index in [4.69, 9.17) is 13.8 Å². The number of amides is 2. The predicted octanol–water partition coefficient (Wildman–Crippen LogP) is 7.15. The number of carbonyl (C=O) groups excluding carboxylic acids is 3. The first-order valence-electron chi connectivity index (χ1n) is 18.7. The smallest absolute Gasteiger partial charge is 0.426 e. The van der Waals surface area contributed by atoms with Crippen LogP contribution in [-0.2, 0) is 38.3 Å². The van der Waals surface area contributed by atoms with Crippen molar-refractivity contribution < 1.29 is 41.7 Å². The van der Waals surface area contributed by atoms with Crippen LogP contribution in [0.1, 0.15) is 85.5 Å². The maximum absolute atomic E-state index is 14.6. The number of fused-ring (bicyclic) bond motifs is 2. The average Bonchev–Trinajstić information content (AvgIpc) is 3.38. The van der Waals surface area contributed by atoms with Gasteiger partial charge in [0.25, 0.3) is 11.8 Å². The highest BCUT2D eigenvalue weighted by molar-refractivity contribution is 7.87. The van der Waals surface area contributed by atoms with Crippen molar-refractivity contribution in [2.45, 2.75) is 96.7 Å². The molecule has 1 N–H and O–H groups in total. The Hall–Kier alpha value is -3.86. The van der Waals surface area contributed by atoms with Crippen LogP contribution in [0.3, 0.4) is 0 Å². The number of aromatic hydroxyl groups is 1. The second-order valence-corrected chi connectivity index (χ2v) is 18.3. The molecule has 2 aromatic carbocycles. The van der Waals surface area contributed by atoms with Gasteiger partial charge in [-0.1, -0.05) is 51.0 Å². The molecule has 5 aliphatic carbocycles. The van der Waals surface area contributed by atoms with Crippen molar-refractivity contribution in [1.82, 2.24) is 5.06 Å². The lowest BCUT2D eigenvalue weighted by atomic mass is 9.34. The topological polar surface area (TPSA) is 165 Å². The number of carbonyl (C=O) groups is 3. The van der Waals surface area contributed by atoms with Crippen LogP contribution in [0.15, 0.2) is 46.9 Å². The van der Waals surface area contributed by atoms with Crippen LogP contribution in [0.25, 0.3) is 15.7 Å². The van der Waals surface area contributed by atoms with Gasteiger partial charge < -0.3 is 14.6 Å². The number of hydrogen-bond acceptors (Lipinski definition) is 10.